The van der Waals surface area contributed by atoms with Crippen LogP contribution < -0.4 is 5.30 Å². The van der Waals surface area contributed by atoms with E-state index in [1.54, 1.807) is 0 Å². The minimum absolute atomic E-state index is 1.01. The summed E-state index contributed by atoms with van der Waals surface area (Å²) < 4.78 is 1.06. The van der Waals surface area contributed by atoms with E-state index < -0.39 is 0 Å². The van der Waals surface area contributed by atoms with Crippen LogP contribution in [0.1, 0.15) is 5.69 Å². The molecule has 0 radical (unpaired) electrons. The molecule has 2 rings (SSSR count). The van der Waals surface area contributed by atoms with Crippen molar-refractivity contribution in [3.63, 3.8) is 0 Å². The van der Waals surface area contributed by atoms with Crippen LogP contribution in [0, 0.1) is 6.92 Å². The Morgan fingerprint density at radius 3 is 3.00 bits per heavy atom. The second kappa shape index (κ2) is 2.82. The number of fused-ring (bicyclic) bond motifs is 1. The average Bonchev–Trinajstić information content (AvgIpc) is 2.31. The smallest absolute Gasteiger partial charge is 0.0941 e. The maximum Gasteiger partial charge on any atom is 0.0941 e. The van der Waals surface area contributed by atoms with E-state index in [4.69, 9.17) is 0 Å². The fourth-order valence-electron chi connectivity index (χ4n) is 1.31. The number of nitrogens with zero attached hydrogens (tertiary/aromatic N) is 1. The molecule has 1 aromatic heterocycles. The number of aromatic nitrogens is 2. The molecule has 1 unspecified atom stereocenters. The van der Waals surface area contributed by atoms with Gasteiger partial charge < -0.3 is 0 Å². The fourth-order valence-corrected chi connectivity index (χ4v) is 2.56. The molecule has 2 aromatic rings. The zero-order valence-electron chi connectivity index (χ0n) is 6.56. The Morgan fingerprint density at radius 1 is 1.50 bits per heavy atom. The van der Waals surface area contributed by atoms with E-state index in [-0.39, 0.29) is 0 Å². The van der Waals surface area contributed by atoms with Crippen LogP contribution >= 0.6 is 25.2 Å². The molecule has 62 valence electrons. The predicted octanol–water partition coefficient (Wildman–Crippen LogP) is 2.13. The van der Waals surface area contributed by atoms with Gasteiger partial charge in [-0.05, 0) is 24.4 Å². The van der Waals surface area contributed by atoms with Crippen LogP contribution in [0.25, 0.3) is 10.9 Å². The molecule has 0 aliphatic heterocycles. The van der Waals surface area contributed by atoms with E-state index in [1.807, 2.05) is 13.0 Å². The van der Waals surface area contributed by atoms with E-state index in [0.29, 0.717) is 0 Å². The van der Waals surface area contributed by atoms with Gasteiger partial charge >= 0.3 is 0 Å². The molecule has 0 saturated carbocycles. The summed E-state index contributed by atoms with van der Waals surface area (Å²) in [6, 6.07) is 4.07. The maximum absolute atomic E-state index is 4.17. The standard InChI is InChI=1S/C8H8BrN2P/c1-4-8-6(11-10-4)2-5(9)3-7(8)12/h2-3H,12H2,1H3,(H,10,11). The van der Waals surface area contributed by atoms with Gasteiger partial charge in [0, 0.05) is 15.6 Å². The maximum atomic E-state index is 4.17. The monoisotopic (exact) mass is 242 g/mol. The van der Waals surface area contributed by atoms with Gasteiger partial charge in [-0.1, -0.05) is 15.9 Å². The minimum Gasteiger partial charge on any atom is -0.282 e. The van der Waals surface area contributed by atoms with Crippen LogP contribution in [-0.2, 0) is 0 Å². The summed E-state index contributed by atoms with van der Waals surface area (Å²) in [4.78, 5) is 0. The fraction of sp³-hybridized carbons (Fsp3) is 0.125. The first-order chi connectivity index (χ1) is 5.68. The van der Waals surface area contributed by atoms with Crippen molar-refractivity contribution in [2.24, 2.45) is 0 Å². The molecule has 0 saturated heterocycles. The van der Waals surface area contributed by atoms with Crippen molar-refractivity contribution in [3.8, 4) is 0 Å². The second-order valence-electron chi connectivity index (χ2n) is 2.74. The number of aromatic amines is 1. The van der Waals surface area contributed by atoms with Gasteiger partial charge in [0.05, 0.1) is 5.52 Å². The number of H-pyrrole nitrogens is 1. The molecule has 0 aliphatic carbocycles. The molecule has 0 aliphatic rings. The highest BCUT2D eigenvalue weighted by Crippen LogP contribution is 2.19. The Hall–Kier alpha value is -0.400. The molecule has 4 heteroatoms. The van der Waals surface area contributed by atoms with Gasteiger partial charge in [-0.15, -0.1) is 9.24 Å². The molecule has 1 aromatic carbocycles. The van der Waals surface area contributed by atoms with Crippen LogP contribution in [0.4, 0.5) is 0 Å². The number of halogens is 1. The average molecular weight is 243 g/mol. The summed E-state index contributed by atoms with van der Waals surface area (Å²) in [6.45, 7) is 2.02. The lowest BCUT2D eigenvalue weighted by Crippen LogP contribution is -1.92. The molecule has 0 bridgehead atoms. The van der Waals surface area contributed by atoms with Crippen molar-refractivity contribution in [3.05, 3.63) is 22.3 Å². The number of aryl methyl sites for hydroxylation is 1. The van der Waals surface area contributed by atoms with Gasteiger partial charge in [0.15, 0.2) is 0 Å². The summed E-state index contributed by atoms with van der Waals surface area (Å²) in [6.07, 6.45) is 0. The van der Waals surface area contributed by atoms with E-state index >= 15 is 0 Å². The van der Waals surface area contributed by atoms with E-state index in [1.165, 1.54) is 10.7 Å². The summed E-state index contributed by atoms with van der Waals surface area (Å²) in [5, 5.41) is 9.50. The van der Waals surface area contributed by atoms with Crippen molar-refractivity contribution < 1.29 is 0 Å². The van der Waals surface area contributed by atoms with Gasteiger partial charge in [-0.2, -0.15) is 5.10 Å². The first kappa shape index (κ1) is 8.21. The van der Waals surface area contributed by atoms with Crippen LogP contribution in [-0.4, -0.2) is 10.2 Å². The van der Waals surface area contributed by atoms with E-state index in [9.17, 15) is 0 Å². The molecule has 0 spiro atoms. The van der Waals surface area contributed by atoms with Crippen molar-refractivity contribution in [2.75, 3.05) is 0 Å². The molecule has 0 amide bonds. The van der Waals surface area contributed by atoms with Gasteiger partial charge in [-0.25, -0.2) is 0 Å². The molecule has 0 fully saturated rings. The Labute approximate surface area is 81.1 Å². The molecular formula is C8H8BrN2P. The quantitative estimate of drug-likeness (QED) is 0.705. The van der Waals surface area contributed by atoms with E-state index in [0.717, 1.165) is 15.7 Å². The number of nitrogens with one attached hydrogen (secondary N) is 1. The topological polar surface area (TPSA) is 28.7 Å². The highest BCUT2D eigenvalue weighted by atomic mass is 79.9. The normalized spacial score (nSPS) is 10.9. The third kappa shape index (κ3) is 1.17. The third-order valence-electron chi connectivity index (χ3n) is 1.83. The largest absolute Gasteiger partial charge is 0.282 e. The second-order valence-corrected chi connectivity index (χ2v) is 4.28. The van der Waals surface area contributed by atoms with Crippen molar-refractivity contribution in [1.82, 2.24) is 10.2 Å². The number of hydrogen-bond acceptors (Lipinski definition) is 1. The van der Waals surface area contributed by atoms with Crippen LogP contribution in [0.3, 0.4) is 0 Å². The number of benzene rings is 1. The van der Waals surface area contributed by atoms with Crippen molar-refractivity contribution in [1.29, 1.82) is 0 Å². The zero-order valence-corrected chi connectivity index (χ0v) is 9.30. The highest BCUT2D eigenvalue weighted by Gasteiger charge is 2.04. The summed E-state index contributed by atoms with van der Waals surface area (Å²) in [7, 11) is 2.71. The first-order valence-corrected chi connectivity index (χ1v) is 4.95. The van der Waals surface area contributed by atoms with Gasteiger partial charge in [-0.3, -0.25) is 5.10 Å². The van der Waals surface area contributed by atoms with Gasteiger partial charge in [0.2, 0.25) is 0 Å². The molecule has 1 N–H and O–H groups in total. The number of hydrogen-bond donors (Lipinski definition) is 1. The van der Waals surface area contributed by atoms with Crippen molar-refractivity contribution >= 4 is 41.4 Å². The lowest BCUT2D eigenvalue weighted by Gasteiger charge is -1.96. The summed E-state index contributed by atoms with van der Waals surface area (Å²) >= 11 is 3.43. The predicted molar refractivity (Wildman–Crippen MR) is 57.9 cm³/mol. The van der Waals surface area contributed by atoms with Crippen LogP contribution in [0.15, 0.2) is 16.6 Å². The Bertz CT molecular complexity index is 436. The number of rotatable bonds is 0. The van der Waals surface area contributed by atoms with Crippen molar-refractivity contribution in [2.45, 2.75) is 6.92 Å². The lowest BCUT2D eigenvalue weighted by atomic mass is 10.2. The van der Waals surface area contributed by atoms with Crippen LogP contribution in [0.2, 0.25) is 0 Å². The minimum atomic E-state index is 1.01. The van der Waals surface area contributed by atoms with Gasteiger partial charge in [0.1, 0.15) is 0 Å². The molecule has 2 nitrogen and oxygen atoms in total. The lowest BCUT2D eigenvalue weighted by molar-refractivity contribution is 1.07. The Balaban J connectivity index is 2.93. The zero-order chi connectivity index (χ0) is 8.72. The summed E-state index contributed by atoms with van der Waals surface area (Å²) in [5.41, 5.74) is 2.12. The Kier molecular flexibility index (Phi) is 1.93. The van der Waals surface area contributed by atoms with Gasteiger partial charge in [0.25, 0.3) is 0 Å². The molecule has 1 atom stereocenters. The van der Waals surface area contributed by atoms with E-state index in [2.05, 4.69) is 41.4 Å². The SMILES string of the molecule is Cc1[nH]nc2cc(Br)cc(P)c12. The molecule has 1 heterocycles. The first-order valence-electron chi connectivity index (χ1n) is 3.58. The molecule has 12 heavy (non-hydrogen) atoms. The summed E-state index contributed by atoms with van der Waals surface area (Å²) in [5.74, 6) is 0. The third-order valence-corrected chi connectivity index (χ3v) is 2.75. The molecular weight excluding hydrogens is 235 g/mol. The van der Waals surface area contributed by atoms with Crippen LogP contribution in [0.5, 0.6) is 0 Å². The highest BCUT2D eigenvalue weighted by molar-refractivity contribution is 9.10. The Morgan fingerprint density at radius 2 is 2.25 bits per heavy atom.